The van der Waals surface area contributed by atoms with Crippen LogP contribution in [0.15, 0.2) is 30.5 Å². The highest BCUT2D eigenvalue weighted by molar-refractivity contribution is 5.83. The quantitative estimate of drug-likeness (QED) is 0.823. The minimum atomic E-state index is 0.408. The van der Waals surface area contributed by atoms with E-state index in [1.54, 1.807) is 0 Å². The summed E-state index contributed by atoms with van der Waals surface area (Å²) in [6.07, 6.45) is 2.14. The lowest BCUT2D eigenvalue weighted by molar-refractivity contribution is 0.318. The SMILES string of the molecule is CNC(c1c[nH]c2ccccc12)C(C)C(C)C. The van der Waals surface area contributed by atoms with Gasteiger partial charge in [0.25, 0.3) is 0 Å². The molecular weight excluding hydrogens is 208 g/mol. The highest BCUT2D eigenvalue weighted by Crippen LogP contribution is 2.32. The topological polar surface area (TPSA) is 27.8 Å². The molecule has 2 atom stereocenters. The predicted octanol–water partition coefficient (Wildman–Crippen LogP) is 3.72. The molecule has 92 valence electrons. The Morgan fingerprint density at radius 2 is 1.82 bits per heavy atom. The Hall–Kier alpha value is -1.28. The van der Waals surface area contributed by atoms with E-state index in [0.29, 0.717) is 17.9 Å². The molecule has 0 aliphatic carbocycles. The van der Waals surface area contributed by atoms with Crippen LogP contribution in [0.1, 0.15) is 32.4 Å². The van der Waals surface area contributed by atoms with Crippen molar-refractivity contribution in [2.45, 2.75) is 26.8 Å². The number of hydrogen-bond donors (Lipinski definition) is 2. The Labute approximate surface area is 103 Å². The molecule has 1 aromatic carbocycles. The lowest BCUT2D eigenvalue weighted by Crippen LogP contribution is -2.26. The number of aromatic nitrogens is 1. The van der Waals surface area contributed by atoms with Gasteiger partial charge in [-0.25, -0.2) is 0 Å². The van der Waals surface area contributed by atoms with Crippen molar-refractivity contribution < 1.29 is 0 Å². The summed E-state index contributed by atoms with van der Waals surface area (Å²) in [7, 11) is 2.05. The summed E-state index contributed by atoms with van der Waals surface area (Å²) in [6, 6.07) is 8.91. The molecular formula is C15H22N2. The van der Waals surface area contributed by atoms with E-state index in [2.05, 4.69) is 61.5 Å². The third kappa shape index (κ3) is 2.22. The van der Waals surface area contributed by atoms with Crippen molar-refractivity contribution in [2.24, 2.45) is 11.8 Å². The summed E-state index contributed by atoms with van der Waals surface area (Å²) in [5.41, 5.74) is 2.60. The van der Waals surface area contributed by atoms with E-state index in [1.807, 2.05) is 7.05 Å². The smallest absolute Gasteiger partial charge is 0.0457 e. The number of H-pyrrole nitrogens is 1. The fraction of sp³-hybridized carbons (Fsp3) is 0.467. The molecule has 0 saturated heterocycles. The number of aromatic amines is 1. The maximum absolute atomic E-state index is 3.46. The number of benzene rings is 1. The summed E-state index contributed by atoms with van der Waals surface area (Å²) >= 11 is 0. The molecule has 2 rings (SSSR count). The molecule has 2 unspecified atom stereocenters. The van der Waals surface area contributed by atoms with Gasteiger partial charge in [-0.3, -0.25) is 0 Å². The van der Waals surface area contributed by atoms with Crippen LogP contribution in [0, 0.1) is 11.8 Å². The monoisotopic (exact) mass is 230 g/mol. The second-order valence-electron chi connectivity index (χ2n) is 5.16. The van der Waals surface area contributed by atoms with Crippen LogP contribution in [-0.4, -0.2) is 12.0 Å². The Morgan fingerprint density at radius 1 is 1.12 bits per heavy atom. The zero-order chi connectivity index (χ0) is 12.4. The molecule has 0 bridgehead atoms. The minimum absolute atomic E-state index is 0.408. The van der Waals surface area contributed by atoms with Gasteiger partial charge in [-0.1, -0.05) is 39.0 Å². The van der Waals surface area contributed by atoms with Crippen molar-refractivity contribution in [3.05, 3.63) is 36.0 Å². The molecule has 0 aliphatic rings. The molecule has 2 N–H and O–H groups in total. The standard InChI is InChI=1S/C15H22N2/c1-10(2)11(3)15(16-4)13-9-17-14-8-6-5-7-12(13)14/h5-11,15-17H,1-4H3. The van der Waals surface area contributed by atoms with Gasteiger partial charge in [-0.15, -0.1) is 0 Å². The Balaban J connectivity index is 2.43. The van der Waals surface area contributed by atoms with Gasteiger partial charge in [0.1, 0.15) is 0 Å². The average molecular weight is 230 g/mol. The van der Waals surface area contributed by atoms with Gasteiger partial charge < -0.3 is 10.3 Å². The third-order valence-electron chi connectivity index (χ3n) is 3.84. The molecule has 0 amide bonds. The zero-order valence-corrected chi connectivity index (χ0v) is 11.1. The van der Waals surface area contributed by atoms with Gasteiger partial charge in [0, 0.05) is 23.1 Å². The van der Waals surface area contributed by atoms with Crippen molar-refractivity contribution in [1.82, 2.24) is 10.3 Å². The molecule has 0 aliphatic heterocycles. The van der Waals surface area contributed by atoms with Crippen LogP contribution in [-0.2, 0) is 0 Å². The second kappa shape index (κ2) is 4.92. The summed E-state index contributed by atoms with van der Waals surface area (Å²) in [4.78, 5) is 3.36. The van der Waals surface area contributed by atoms with E-state index in [1.165, 1.54) is 16.5 Å². The highest BCUT2D eigenvalue weighted by atomic mass is 14.9. The normalized spacial score (nSPS) is 15.4. The summed E-state index contributed by atoms with van der Waals surface area (Å²) in [5.74, 6) is 1.28. The van der Waals surface area contributed by atoms with Crippen molar-refractivity contribution >= 4 is 10.9 Å². The molecule has 2 nitrogen and oxygen atoms in total. The lowest BCUT2D eigenvalue weighted by atomic mass is 9.86. The lowest BCUT2D eigenvalue weighted by Gasteiger charge is -2.26. The Kier molecular flexibility index (Phi) is 3.53. The van der Waals surface area contributed by atoms with Crippen molar-refractivity contribution in [3.63, 3.8) is 0 Å². The van der Waals surface area contributed by atoms with E-state index < -0.39 is 0 Å². The van der Waals surface area contributed by atoms with Gasteiger partial charge in [0.05, 0.1) is 0 Å². The summed E-state index contributed by atoms with van der Waals surface area (Å²) < 4.78 is 0. The maximum Gasteiger partial charge on any atom is 0.0457 e. The van der Waals surface area contributed by atoms with E-state index in [0.717, 1.165) is 0 Å². The van der Waals surface area contributed by atoms with E-state index in [4.69, 9.17) is 0 Å². The van der Waals surface area contributed by atoms with Crippen molar-refractivity contribution in [2.75, 3.05) is 7.05 Å². The zero-order valence-electron chi connectivity index (χ0n) is 11.1. The van der Waals surface area contributed by atoms with Crippen LogP contribution in [0.25, 0.3) is 10.9 Å². The van der Waals surface area contributed by atoms with Crippen molar-refractivity contribution in [3.8, 4) is 0 Å². The van der Waals surface area contributed by atoms with Crippen molar-refractivity contribution in [1.29, 1.82) is 0 Å². The molecule has 2 heteroatoms. The first-order valence-electron chi connectivity index (χ1n) is 6.38. The molecule has 0 spiro atoms. The number of hydrogen-bond acceptors (Lipinski definition) is 1. The van der Waals surface area contributed by atoms with E-state index >= 15 is 0 Å². The first-order chi connectivity index (χ1) is 8.15. The molecule has 0 fully saturated rings. The molecule has 1 heterocycles. The van der Waals surface area contributed by atoms with Gasteiger partial charge in [0.15, 0.2) is 0 Å². The molecule has 1 aromatic heterocycles. The fourth-order valence-electron chi connectivity index (χ4n) is 2.44. The largest absolute Gasteiger partial charge is 0.361 e. The number of nitrogens with one attached hydrogen (secondary N) is 2. The Morgan fingerprint density at radius 3 is 2.47 bits per heavy atom. The van der Waals surface area contributed by atoms with Gasteiger partial charge in [-0.05, 0) is 30.5 Å². The van der Waals surface area contributed by atoms with E-state index in [-0.39, 0.29) is 0 Å². The first-order valence-corrected chi connectivity index (χ1v) is 6.38. The average Bonchev–Trinajstić information content (AvgIpc) is 2.74. The van der Waals surface area contributed by atoms with Gasteiger partial charge >= 0.3 is 0 Å². The number of rotatable bonds is 4. The summed E-state index contributed by atoms with van der Waals surface area (Å²) in [6.45, 7) is 6.88. The minimum Gasteiger partial charge on any atom is -0.361 e. The molecule has 17 heavy (non-hydrogen) atoms. The Bertz CT molecular complexity index is 484. The highest BCUT2D eigenvalue weighted by Gasteiger charge is 2.22. The number of fused-ring (bicyclic) bond motifs is 1. The predicted molar refractivity (Wildman–Crippen MR) is 74.1 cm³/mol. The maximum atomic E-state index is 3.46. The van der Waals surface area contributed by atoms with Gasteiger partial charge in [-0.2, -0.15) is 0 Å². The van der Waals surface area contributed by atoms with E-state index in [9.17, 15) is 0 Å². The van der Waals surface area contributed by atoms with Gasteiger partial charge in [0.2, 0.25) is 0 Å². The second-order valence-corrected chi connectivity index (χ2v) is 5.16. The number of para-hydroxylation sites is 1. The fourth-order valence-corrected chi connectivity index (χ4v) is 2.44. The first kappa shape index (κ1) is 12.2. The van der Waals surface area contributed by atoms with Crippen LogP contribution >= 0.6 is 0 Å². The van der Waals surface area contributed by atoms with Crippen LogP contribution in [0.4, 0.5) is 0 Å². The molecule has 2 aromatic rings. The molecule has 0 radical (unpaired) electrons. The van der Waals surface area contributed by atoms with Crippen LogP contribution in [0.3, 0.4) is 0 Å². The summed E-state index contributed by atoms with van der Waals surface area (Å²) in [5, 5.41) is 4.79. The van der Waals surface area contributed by atoms with Crippen LogP contribution in [0.5, 0.6) is 0 Å². The van der Waals surface area contributed by atoms with Crippen LogP contribution < -0.4 is 5.32 Å². The van der Waals surface area contributed by atoms with Crippen LogP contribution in [0.2, 0.25) is 0 Å². The molecule has 0 saturated carbocycles. The third-order valence-corrected chi connectivity index (χ3v) is 3.84.